The van der Waals surface area contributed by atoms with Crippen molar-refractivity contribution in [1.82, 2.24) is 0 Å². The molecule has 0 saturated carbocycles. The first kappa shape index (κ1) is 14.4. The molecular formula is C15H14BrNO3. The smallest absolute Gasteiger partial charge is 0.255 e. The number of ether oxygens (including phenoxy) is 2. The molecule has 104 valence electrons. The lowest BCUT2D eigenvalue weighted by molar-refractivity contribution is 0.102. The number of amides is 1. The molecule has 4 nitrogen and oxygen atoms in total. The third-order valence-electron chi connectivity index (χ3n) is 2.74. The Kier molecular flexibility index (Phi) is 4.63. The molecule has 2 rings (SSSR count). The number of anilines is 1. The summed E-state index contributed by atoms with van der Waals surface area (Å²) in [7, 11) is 3.16. The number of hydrogen-bond donors (Lipinski definition) is 1. The van der Waals surface area contributed by atoms with E-state index >= 15 is 0 Å². The molecule has 0 saturated heterocycles. The van der Waals surface area contributed by atoms with Crippen molar-refractivity contribution >= 4 is 27.5 Å². The number of nitrogens with one attached hydrogen (secondary N) is 1. The van der Waals surface area contributed by atoms with Crippen molar-refractivity contribution in [2.45, 2.75) is 0 Å². The number of carbonyl (C=O) groups is 1. The molecule has 1 N–H and O–H groups in total. The lowest BCUT2D eigenvalue weighted by Crippen LogP contribution is -2.11. The maximum Gasteiger partial charge on any atom is 0.255 e. The predicted molar refractivity (Wildman–Crippen MR) is 81.6 cm³/mol. The van der Waals surface area contributed by atoms with Gasteiger partial charge in [0.2, 0.25) is 0 Å². The number of rotatable bonds is 4. The Bertz CT molecular complexity index is 628. The Labute approximate surface area is 125 Å². The SMILES string of the molecule is COc1cccc(C(=O)Nc2ccc(OC)c(Br)c2)c1. The number of hydrogen-bond acceptors (Lipinski definition) is 3. The van der Waals surface area contributed by atoms with Crippen LogP contribution in [0.2, 0.25) is 0 Å². The second-order valence-corrected chi connectivity index (χ2v) is 4.89. The second kappa shape index (κ2) is 6.43. The molecule has 0 aromatic heterocycles. The first-order chi connectivity index (χ1) is 9.63. The van der Waals surface area contributed by atoms with Crippen LogP contribution < -0.4 is 14.8 Å². The molecule has 1 amide bonds. The first-order valence-electron chi connectivity index (χ1n) is 5.93. The summed E-state index contributed by atoms with van der Waals surface area (Å²) in [5, 5.41) is 2.82. The molecule has 0 aliphatic heterocycles. The van der Waals surface area contributed by atoms with Crippen molar-refractivity contribution in [3.05, 3.63) is 52.5 Å². The van der Waals surface area contributed by atoms with Crippen LogP contribution in [0, 0.1) is 0 Å². The van der Waals surface area contributed by atoms with Gasteiger partial charge in [0.1, 0.15) is 11.5 Å². The maximum atomic E-state index is 12.1. The molecular weight excluding hydrogens is 322 g/mol. The van der Waals surface area contributed by atoms with E-state index in [0.29, 0.717) is 22.7 Å². The van der Waals surface area contributed by atoms with E-state index in [-0.39, 0.29) is 5.91 Å². The van der Waals surface area contributed by atoms with Gasteiger partial charge in [0, 0.05) is 11.3 Å². The normalized spacial score (nSPS) is 9.95. The van der Waals surface area contributed by atoms with E-state index in [4.69, 9.17) is 9.47 Å². The molecule has 0 aliphatic carbocycles. The molecule has 0 fully saturated rings. The van der Waals surface area contributed by atoms with Crippen LogP contribution in [-0.2, 0) is 0 Å². The largest absolute Gasteiger partial charge is 0.497 e. The van der Waals surface area contributed by atoms with Crippen LogP contribution in [-0.4, -0.2) is 20.1 Å². The van der Waals surface area contributed by atoms with E-state index in [2.05, 4.69) is 21.2 Å². The van der Waals surface area contributed by atoms with Crippen LogP contribution in [0.4, 0.5) is 5.69 Å². The van der Waals surface area contributed by atoms with Gasteiger partial charge in [0.25, 0.3) is 5.91 Å². The van der Waals surface area contributed by atoms with Crippen molar-refractivity contribution in [3.8, 4) is 11.5 Å². The molecule has 2 aromatic carbocycles. The van der Waals surface area contributed by atoms with Crippen LogP contribution in [0.3, 0.4) is 0 Å². The van der Waals surface area contributed by atoms with E-state index < -0.39 is 0 Å². The van der Waals surface area contributed by atoms with Crippen molar-refractivity contribution in [3.63, 3.8) is 0 Å². The van der Waals surface area contributed by atoms with Gasteiger partial charge in [-0.05, 0) is 52.3 Å². The highest BCUT2D eigenvalue weighted by molar-refractivity contribution is 9.10. The molecule has 5 heteroatoms. The molecule has 0 atom stereocenters. The average molecular weight is 336 g/mol. The summed E-state index contributed by atoms with van der Waals surface area (Å²) in [5.41, 5.74) is 1.22. The van der Waals surface area contributed by atoms with Crippen molar-refractivity contribution in [2.24, 2.45) is 0 Å². The van der Waals surface area contributed by atoms with Gasteiger partial charge in [0.15, 0.2) is 0 Å². The van der Waals surface area contributed by atoms with E-state index in [9.17, 15) is 4.79 Å². The lowest BCUT2D eigenvalue weighted by atomic mass is 10.2. The monoisotopic (exact) mass is 335 g/mol. The van der Waals surface area contributed by atoms with Crippen LogP contribution >= 0.6 is 15.9 Å². The Balaban J connectivity index is 2.16. The summed E-state index contributed by atoms with van der Waals surface area (Å²) in [6, 6.07) is 12.3. The van der Waals surface area contributed by atoms with Gasteiger partial charge in [-0.15, -0.1) is 0 Å². The summed E-state index contributed by atoms with van der Waals surface area (Å²) in [5.74, 6) is 1.17. The van der Waals surface area contributed by atoms with E-state index in [0.717, 1.165) is 4.47 Å². The van der Waals surface area contributed by atoms with Crippen molar-refractivity contribution in [1.29, 1.82) is 0 Å². The van der Waals surface area contributed by atoms with Crippen LogP contribution in [0.1, 0.15) is 10.4 Å². The third kappa shape index (κ3) is 3.30. The van der Waals surface area contributed by atoms with Crippen LogP contribution in [0.25, 0.3) is 0 Å². The van der Waals surface area contributed by atoms with Crippen molar-refractivity contribution < 1.29 is 14.3 Å². The summed E-state index contributed by atoms with van der Waals surface area (Å²) < 4.78 is 11.0. The lowest BCUT2D eigenvalue weighted by Gasteiger charge is -2.09. The Morgan fingerprint density at radius 2 is 1.90 bits per heavy atom. The van der Waals surface area contributed by atoms with Crippen LogP contribution in [0.5, 0.6) is 11.5 Å². The zero-order valence-corrected chi connectivity index (χ0v) is 12.7. The fourth-order valence-electron chi connectivity index (χ4n) is 1.71. The van der Waals surface area contributed by atoms with E-state index in [1.165, 1.54) is 0 Å². The van der Waals surface area contributed by atoms with Crippen LogP contribution in [0.15, 0.2) is 46.9 Å². The number of halogens is 1. The highest BCUT2D eigenvalue weighted by atomic mass is 79.9. The van der Waals surface area contributed by atoms with E-state index in [1.807, 2.05) is 0 Å². The topological polar surface area (TPSA) is 47.6 Å². The minimum Gasteiger partial charge on any atom is -0.497 e. The summed E-state index contributed by atoms with van der Waals surface area (Å²) >= 11 is 3.38. The zero-order chi connectivity index (χ0) is 14.5. The molecule has 2 aromatic rings. The van der Waals surface area contributed by atoms with Gasteiger partial charge in [0.05, 0.1) is 18.7 Å². The molecule has 0 aliphatic rings. The fraction of sp³-hybridized carbons (Fsp3) is 0.133. The quantitative estimate of drug-likeness (QED) is 0.926. The number of carbonyl (C=O) groups excluding carboxylic acids is 1. The van der Waals surface area contributed by atoms with Gasteiger partial charge in [-0.2, -0.15) is 0 Å². The number of benzene rings is 2. The average Bonchev–Trinajstić information content (AvgIpc) is 2.47. The van der Waals surface area contributed by atoms with Crippen molar-refractivity contribution in [2.75, 3.05) is 19.5 Å². The third-order valence-corrected chi connectivity index (χ3v) is 3.36. The van der Waals surface area contributed by atoms with Gasteiger partial charge >= 0.3 is 0 Å². The van der Waals surface area contributed by atoms with Gasteiger partial charge in [-0.25, -0.2) is 0 Å². The highest BCUT2D eigenvalue weighted by Crippen LogP contribution is 2.28. The van der Waals surface area contributed by atoms with Gasteiger partial charge in [-0.1, -0.05) is 6.07 Å². The molecule has 20 heavy (non-hydrogen) atoms. The predicted octanol–water partition coefficient (Wildman–Crippen LogP) is 3.72. The van der Waals surface area contributed by atoms with Gasteiger partial charge in [-0.3, -0.25) is 4.79 Å². The minimum absolute atomic E-state index is 0.194. The fourth-order valence-corrected chi connectivity index (χ4v) is 2.25. The summed E-state index contributed by atoms with van der Waals surface area (Å²) in [6.07, 6.45) is 0. The maximum absolute atomic E-state index is 12.1. The molecule has 0 heterocycles. The second-order valence-electron chi connectivity index (χ2n) is 4.04. The standard InChI is InChI=1S/C15H14BrNO3/c1-19-12-5-3-4-10(8-12)15(18)17-11-6-7-14(20-2)13(16)9-11/h3-9H,1-2H3,(H,17,18). The Hall–Kier alpha value is -2.01. The minimum atomic E-state index is -0.194. The number of methoxy groups -OCH3 is 2. The molecule has 0 unspecified atom stereocenters. The Morgan fingerprint density at radius 1 is 1.10 bits per heavy atom. The van der Waals surface area contributed by atoms with Gasteiger partial charge < -0.3 is 14.8 Å². The summed E-state index contributed by atoms with van der Waals surface area (Å²) in [4.78, 5) is 12.1. The zero-order valence-electron chi connectivity index (χ0n) is 11.1. The van der Waals surface area contributed by atoms with E-state index in [1.54, 1.807) is 56.7 Å². The molecule has 0 bridgehead atoms. The molecule has 0 radical (unpaired) electrons. The summed E-state index contributed by atoms with van der Waals surface area (Å²) in [6.45, 7) is 0. The Morgan fingerprint density at radius 3 is 2.55 bits per heavy atom. The molecule has 0 spiro atoms. The first-order valence-corrected chi connectivity index (χ1v) is 6.72. The highest BCUT2D eigenvalue weighted by Gasteiger charge is 2.08.